The molecule has 1 heterocycles. The lowest BCUT2D eigenvalue weighted by atomic mass is 10.0. The van der Waals surface area contributed by atoms with Crippen molar-refractivity contribution in [1.82, 2.24) is 10.2 Å². The Labute approximate surface area is 115 Å². The van der Waals surface area contributed by atoms with E-state index >= 15 is 0 Å². The number of piperidine rings is 1. The first kappa shape index (κ1) is 14.8. The van der Waals surface area contributed by atoms with E-state index in [0.717, 1.165) is 38.1 Å². The number of rotatable bonds is 3. The highest BCUT2D eigenvalue weighted by Crippen LogP contribution is 2.21. The summed E-state index contributed by atoms with van der Waals surface area (Å²) in [7, 11) is 2.00. The predicted molar refractivity (Wildman–Crippen MR) is 69.3 cm³/mol. The van der Waals surface area contributed by atoms with Crippen LogP contribution in [0.3, 0.4) is 0 Å². The van der Waals surface area contributed by atoms with E-state index in [1.807, 2.05) is 7.05 Å². The normalized spacial score (nSPS) is 17.4. The number of carbonyl (C=O) groups is 1. The Kier molecular flexibility index (Phi) is 4.65. The fourth-order valence-electron chi connectivity index (χ4n) is 2.27. The summed E-state index contributed by atoms with van der Waals surface area (Å²) in [5.74, 6) is -1.45. The van der Waals surface area contributed by atoms with Gasteiger partial charge in [-0.25, -0.2) is 13.2 Å². The molecule has 3 nitrogen and oxygen atoms in total. The number of alkyl halides is 2. The molecule has 2 rings (SSSR count). The number of halogens is 3. The van der Waals surface area contributed by atoms with Crippen LogP contribution in [-0.2, 0) is 0 Å². The van der Waals surface area contributed by atoms with Crippen LogP contribution in [0.2, 0.25) is 0 Å². The minimum absolute atomic E-state index is 0.00729. The smallest absolute Gasteiger partial charge is 0.263 e. The quantitative estimate of drug-likeness (QED) is 0.926. The van der Waals surface area contributed by atoms with Gasteiger partial charge in [0.05, 0.1) is 5.56 Å². The van der Waals surface area contributed by atoms with Gasteiger partial charge in [0.25, 0.3) is 12.3 Å². The zero-order chi connectivity index (χ0) is 14.7. The van der Waals surface area contributed by atoms with E-state index in [1.165, 1.54) is 0 Å². The lowest BCUT2D eigenvalue weighted by Crippen LogP contribution is -2.43. The second kappa shape index (κ2) is 6.26. The lowest BCUT2D eigenvalue weighted by Gasteiger charge is -2.29. The molecule has 20 heavy (non-hydrogen) atoms. The Morgan fingerprint density at radius 1 is 1.35 bits per heavy atom. The molecule has 0 atom stereocenters. The standard InChI is InChI=1S/C14H17F3N2O/c1-19-6-4-10(5-7-19)18-14(20)11-3-2-9(13(16)17)8-12(11)15/h2-3,8,10,13H,4-7H2,1H3,(H,18,20). The molecule has 0 aliphatic carbocycles. The van der Waals surface area contributed by atoms with E-state index in [0.29, 0.717) is 6.07 Å². The van der Waals surface area contributed by atoms with Gasteiger partial charge in [-0.05, 0) is 45.1 Å². The second-order valence-corrected chi connectivity index (χ2v) is 5.09. The number of carbonyl (C=O) groups excluding carboxylic acids is 1. The Bertz CT molecular complexity index is 485. The fourth-order valence-corrected chi connectivity index (χ4v) is 2.27. The van der Waals surface area contributed by atoms with Crippen LogP contribution < -0.4 is 5.32 Å². The zero-order valence-electron chi connectivity index (χ0n) is 11.2. The van der Waals surface area contributed by atoms with Crippen LogP contribution in [-0.4, -0.2) is 37.0 Å². The summed E-state index contributed by atoms with van der Waals surface area (Å²) in [5.41, 5.74) is -0.605. The number of hydrogen-bond donors (Lipinski definition) is 1. The largest absolute Gasteiger partial charge is 0.349 e. The van der Waals surface area contributed by atoms with Gasteiger partial charge in [-0.3, -0.25) is 4.79 Å². The molecule has 1 aromatic rings. The first-order chi connectivity index (χ1) is 9.47. The van der Waals surface area contributed by atoms with Crippen molar-refractivity contribution in [3.63, 3.8) is 0 Å². The van der Waals surface area contributed by atoms with E-state index < -0.39 is 23.7 Å². The lowest BCUT2D eigenvalue weighted by molar-refractivity contribution is 0.0912. The van der Waals surface area contributed by atoms with E-state index in [1.54, 1.807) is 0 Å². The van der Waals surface area contributed by atoms with Gasteiger partial charge >= 0.3 is 0 Å². The molecule has 1 aliphatic heterocycles. The molecule has 0 aromatic heterocycles. The summed E-state index contributed by atoms with van der Waals surface area (Å²) >= 11 is 0. The molecule has 0 unspecified atom stereocenters. The molecule has 0 spiro atoms. The number of amides is 1. The number of likely N-dealkylation sites (tertiary alicyclic amines) is 1. The van der Waals surface area contributed by atoms with Crippen molar-refractivity contribution < 1.29 is 18.0 Å². The van der Waals surface area contributed by atoms with E-state index in [9.17, 15) is 18.0 Å². The average molecular weight is 286 g/mol. The number of nitrogens with one attached hydrogen (secondary N) is 1. The van der Waals surface area contributed by atoms with Crippen molar-refractivity contribution in [1.29, 1.82) is 0 Å². The van der Waals surface area contributed by atoms with Crippen LogP contribution in [0.15, 0.2) is 18.2 Å². The van der Waals surface area contributed by atoms with Crippen molar-refractivity contribution in [2.45, 2.75) is 25.3 Å². The Balaban J connectivity index is 2.02. The molecule has 1 N–H and O–H groups in total. The SMILES string of the molecule is CN1CCC(NC(=O)c2ccc(C(F)F)cc2F)CC1. The van der Waals surface area contributed by atoms with Crippen molar-refractivity contribution in [2.24, 2.45) is 0 Å². The molecule has 1 amide bonds. The Hall–Kier alpha value is -1.56. The average Bonchev–Trinajstić information content (AvgIpc) is 2.41. The molecular formula is C14H17F3N2O. The number of benzene rings is 1. The molecule has 1 fully saturated rings. The van der Waals surface area contributed by atoms with E-state index in [-0.39, 0.29) is 11.6 Å². The van der Waals surface area contributed by atoms with Crippen molar-refractivity contribution >= 4 is 5.91 Å². The molecule has 1 aromatic carbocycles. The molecule has 110 valence electrons. The first-order valence-corrected chi connectivity index (χ1v) is 6.54. The minimum atomic E-state index is -2.74. The predicted octanol–water partition coefficient (Wildman–Crippen LogP) is 2.59. The third-order valence-electron chi connectivity index (χ3n) is 3.54. The van der Waals surface area contributed by atoms with Crippen LogP contribution in [0.25, 0.3) is 0 Å². The van der Waals surface area contributed by atoms with Gasteiger partial charge in [-0.15, -0.1) is 0 Å². The third kappa shape index (κ3) is 3.50. The van der Waals surface area contributed by atoms with Gasteiger partial charge in [0.15, 0.2) is 0 Å². The second-order valence-electron chi connectivity index (χ2n) is 5.09. The van der Waals surface area contributed by atoms with Crippen LogP contribution in [0.1, 0.15) is 35.2 Å². The summed E-state index contributed by atoms with van der Waals surface area (Å²) in [4.78, 5) is 14.1. The number of hydrogen-bond acceptors (Lipinski definition) is 2. The summed E-state index contributed by atoms with van der Waals surface area (Å²) in [6.45, 7) is 1.75. The highest BCUT2D eigenvalue weighted by Gasteiger charge is 2.21. The van der Waals surface area contributed by atoms with Crippen molar-refractivity contribution in [2.75, 3.05) is 20.1 Å². The maximum atomic E-state index is 13.7. The van der Waals surface area contributed by atoms with Gasteiger partial charge in [0.1, 0.15) is 5.82 Å². The number of nitrogens with zero attached hydrogens (tertiary/aromatic N) is 1. The first-order valence-electron chi connectivity index (χ1n) is 6.54. The molecule has 0 radical (unpaired) electrons. The highest BCUT2D eigenvalue weighted by molar-refractivity contribution is 5.94. The fraction of sp³-hybridized carbons (Fsp3) is 0.500. The summed E-state index contributed by atoms with van der Waals surface area (Å²) in [6.07, 6.45) is -1.13. The summed E-state index contributed by atoms with van der Waals surface area (Å²) < 4.78 is 38.5. The topological polar surface area (TPSA) is 32.3 Å². The van der Waals surface area contributed by atoms with Crippen molar-refractivity contribution in [3.05, 3.63) is 35.1 Å². The molecule has 6 heteroatoms. The molecular weight excluding hydrogens is 269 g/mol. The van der Waals surface area contributed by atoms with Crippen LogP contribution in [0.5, 0.6) is 0 Å². The monoisotopic (exact) mass is 286 g/mol. The maximum absolute atomic E-state index is 13.7. The van der Waals surface area contributed by atoms with Gasteiger partial charge < -0.3 is 10.2 Å². The highest BCUT2D eigenvalue weighted by atomic mass is 19.3. The maximum Gasteiger partial charge on any atom is 0.263 e. The van der Waals surface area contributed by atoms with Gasteiger partial charge in [-0.2, -0.15) is 0 Å². The van der Waals surface area contributed by atoms with Gasteiger partial charge in [0, 0.05) is 11.6 Å². The molecule has 1 saturated heterocycles. The Morgan fingerprint density at radius 3 is 2.55 bits per heavy atom. The van der Waals surface area contributed by atoms with E-state index in [2.05, 4.69) is 10.2 Å². The molecule has 0 bridgehead atoms. The van der Waals surface area contributed by atoms with E-state index in [4.69, 9.17) is 0 Å². The van der Waals surface area contributed by atoms with Gasteiger partial charge in [0.2, 0.25) is 0 Å². The van der Waals surface area contributed by atoms with Crippen LogP contribution in [0, 0.1) is 5.82 Å². The molecule has 1 aliphatic rings. The van der Waals surface area contributed by atoms with Crippen molar-refractivity contribution in [3.8, 4) is 0 Å². The minimum Gasteiger partial charge on any atom is -0.349 e. The van der Waals surface area contributed by atoms with Crippen LogP contribution in [0.4, 0.5) is 13.2 Å². The van der Waals surface area contributed by atoms with Crippen LogP contribution >= 0.6 is 0 Å². The zero-order valence-corrected chi connectivity index (χ0v) is 11.2. The van der Waals surface area contributed by atoms with Gasteiger partial charge in [-0.1, -0.05) is 6.07 Å². The molecule has 0 saturated carbocycles. The third-order valence-corrected chi connectivity index (χ3v) is 3.54. The summed E-state index contributed by atoms with van der Waals surface area (Å²) in [5, 5.41) is 2.75. The Morgan fingerprint density at radius 2 is 2.00 bits per heavy atom. The summed E-state index contributed by atoms with van der Waals surface area (Å²) in [6, 6.07) is 2.92.